The Labute approximate surface area is 168 Å². The van der Waals surface area contributed by atoms with Gasteiger partial charge >= 0.3 is 6.03 Å². The topological polar surface area (TPSA) is 44.8 Å². The van der Waals surface area contributed by atoms with E-state index < -0.39 is 0 Å². The van der Waals surface area contributed by atoms with Crippen molar-refractivity contribution in [2.75, 3.05) is 37.8 Å². The summed E-state index contributed by atoms with van der Waals surface area (Å²) in [4.78, 5) is 16.6. The van der Waals surface area contributed by atoms with Crippen molar-refractivity contribution in [3.05, 3.63) is 59.7 Å². The van der Waals surface area contributed by atoms with Gasteiger partial charge in [0.2, 0.25) is 0 Å². The molecule has 0 aliphatic carbocycles. The maximum absolute atomic E-state index is 12.5. The lowest BCUT2D eigenvalue weighted by Gasteiger charge is -2.36. The highest BCUT2D eigenvalue weighted by Crippen LogP contribution is 2.32. The lowest BCUT2D eigenvalue weighted by Crippen LogP contribution is -2.52. The summed E-state index contributed by atoms with van der Waals surface area (Å²) in [5.74, 6) is 0.826. The van der Waals surface area contributed by atoms with Crippen LogP contribution in [0.15, 0.2) is 48.5 Å². The summed E-state index contributed by atoms with van der Waals surface area (Å²) in [6, 6.07) is 16.4. The zero-order valence-corrected chi connectivity index (χ0v) is 17.4. The Bertz CT molecular complexity index is 791. The molecule has 1 fully saturated rings. The molecular formula is C23H31N3O2. The Morgan fingerprint density at radius 2 is 1.71 bits per heavy atom. The van der Waals surface area contributed by atoms with Crippen LogP contribution < -0.4 is 15.0 Å². The number of piperazine rings is 1. The number of rotatable bonds is 4. The second kappa shape index (κ2) is 8.55. The van der Waals surface area contributed by atoms with E-state index in [2.05, 4.69) is 56.1 Å². The van der Waals surface area contributed by atoms with E-state index in [4.69, 9.17) is 4.74 Å². The molecule has 3 rings (SSSR count). The Hall–Kier alpha value is -2.69. The molecule has 0 radical (unpaired) electrons. The van der Waals surface area contributed by atoms with Crippen molar-refractivity contribution in [2.24, 2.45) is 0 Å². The molecule has 0 atom stereocenters. The smallest absolute Gasteiger partial charge is 0.320 e. The quantitative estimate of drug-likeness (QED) is 0.809. The number of nitrogens with zero attached hydrogens (tertiary/aromatic N) is 2. The molecular weight excluding hydrogens is 350 g/mol. The second-order valence-corrected chi connectivity index (χ2v) is 8.33. The van der Waals surface area contributed by atoms with Crippen LogP contribution in [0, 0.1) is 6.92 Å². The Morgan fingerprint density at radius 1 is 1.04 bits per heavy atom. The number of carbonyl (C=O) groups excluding carboxylic acids is 1. The first-order valence-electron chi connectivity index (χ1n) is 9.91. The molecule has 2 amide bonds. The highest BCUT2D eigenvalue weighted by atomic mass is 16.5. The van der Waals surface area contributed by atoms with E-state index in [1.165, 1.54) is 11.3 Å². The molecule has 0 aromatic heterocycles. The van der Waals surface area contributed by atoms with Gasteiger partial charge in [0.05, 0.1) is 0 Å². The van der Waals surface area contributed by atoms with E-state index in [-0.39, 0.29) is 18.2 Å². The zero-order valence-electron chi connectivity index (χ0n) is 17.4. The molecule has 5 nitrogen and oxygen atoms in total. The highest BCUT2D eigenvalue weighted by Gasteiger charge is 2.22. The molecule has 0 saturated carbocycles. The normalized spacial score (nSPS) is 14.7. The predicted octanol–water partition coefficient (Wildman–Crippen LogP) is 4.16. The number of benzene rings is 2. The van der Waals surface area contributed by atoms with Crippen LogP contribution in [-0.4, -0.2) is 43.8 Å². The van der Waals surface area contributed by atoms with Gasteiger partial charge in [0, 0.05) is 31.9 Å². The fourth-order valence-corrected chi connectivity index (χ4v) is 3.45. The number of para-hydroxylation sites is 1. The molecule has 5 heteroatoms. The van der Waals surface area contributed by atoms with Gasteiger partial charge in [-0.05, 0) is 36.1 Å². The van der Waals surface area contributed by atoms with E-state index in [1.54, 1.807) is 0 Å². The van der Waals surface area contributed by atoms with E-state index in [0.29, 0.717) is 13.1 Å². The van der Waals surface area contributed by atoms with Gasteiger partial charge < -0.3 is 19.9 Å². The molecule has 1 heterocycles. The van der Waals surface area contributed by atoms with Gasteiger partial charge in [-0.1, -0.05) is 56.7 Å². The minimum atomic E-state index is -0.0721. The molecule has 0 spiro atoms. The fourth-order valence-electron chi connectivity index (χ4n) is 3.45. The van der Waals surface area contributed by atoms with Crippen molar-refractivity contribution in [3.63, 3.8) is 0 Å². The van der Waals surface area contributed by atoms with Gasteiger partial charge in [-0.2, -0.15) is 0 Å². The van der Waals surface area contributed by atoms with E-state index in [1.807, 2.05) is 35.2 Å². The van der Waals surface area contributed by atoms with Gasteiger partial charge in [0.15, 0.2) is 6.73 Å². The molecule has 1 aliphatic heterocycles. The lowest BCUT2D eigenvalue weighted by molar-refractivity contribution is 0.181. The molecule has 150 valence electrons. The number of amides is 2. The summed E-state index contributed by atoms with van der Waals surface area (Å²) < 4.78 is 5.90. The molecule has 0 unspecified atom stereocenters. The monoisotopic (exact) mass is 381 g/mol. The van der Waals surface area contributed by atoms with Crippen LogP contribution in [0.25, 0.3) is 0 Å². The zero-order chi connectivity index (χ0) is 20.1. The van der Waals surface area contributed by atoms with Crippen molar-refractivity contribution in [1.29, 1.82) is 0 Å². The molecule has 1 N–H and O–H groups in total. The van der Waals surface area contributed by atoms with Gasteiger partial charge in [0.1, 0.15) is 5.75 Å². The SMILES string of the molecule is Cc1ccc(OCNC(=O)N2CCN(c3ccccc3)CC2)c(C(C)(C)C)c1. The standard InChI is InChI=1S/C23H31N3O2/c1-18-10-11-21(20(16-18)23(2,3)4)28-17-24-22(27)26-14-12-25(13-15-26)19-8-6-5-7-9-19/h5-11,16H,12-15,17H2,1-4H3,(H,24,27). The van der Waals surface area contributed by atoms with E-state index in [0.717, 1.165) is 24.4 Å². The number of carbonyl (C=O) groups is 1. The van der Waals surface area contributed by atoms with Gasteiger partial charge in [-0.3, -0.25) is 0 Å². The second-order valence-electron chi connectivity index (χ2n) is 8.33. The summed E-state index contributed by atoms with van der Waals surface area (Å²) in [7, 11) is 0. The molecule has 1 saturated heterocycles. The van der Waals surface area contributed by atoms with Crippen LogP contribution in [0.5, 0.6) is 5.75 Å². The number of hydrogen-bond acceptors (Lipinski definition) is 3. The average molecular weight is 382 g/mol. The van der Waals surface area contributed by atoms with Crippen molar-refractivity contribution in [1.82, 2.24) is 10.2 Å². The van der Waals surface area contributed by atoms with Gasteiger partial charge in [-0.15, -0.1) is 0 Å². The molecule has 2 aromatic rings. The number of anilines is 1. The van der Waals surface area contributed by atoms with Crippen molar-refractivity contribution < 1.29 is 9.53 Å². The minimum Gasteiger partial charge on any atom is -0.473 e. The third-order valence-corrected chi connectivity index (χ3v) is 5.08. The largest absolute Gasteiger partial charge is 0.473 e. The Kier molecular flexibility index (Phi) is 6.12. The predicted molar refractivity (Wildman–Crippen MR) is 114 cm³/mol. The van der Waals surface area contributed by atoms with Crippen LogP contribution in [0.3, 0.4) is 0 Å². The van der Waals surface area contributed by atoms with Crippen LogP contribution in [-0.2, 0) is 5.41 Å². The van der Waals surface area contributed by atoms with Crippen LogP contribution in [0.4, 0.5) is 10.5 Å². The van der Waals surface area contributed by atoms with Gasteiger partial charge in [-0.25, -0.2) is 4.79 Å². The summed E-state index contributed by atoms with van der Waals surface area (Å²) in [6.07, 6.45) is 0. The maximum Gasteiger partial charge on any atom is 0.320 e. The first kappa shape index (κ1) is 20.1. The van der Waals surface area contributed by atoms with Crippen molar-refractivity contribution >= 4 is 11.7 Å². The first-order valence-corrected chi connectivity index (χ1v) is 9.91. The van der Waals surface area contributed by atoms with Crippen molar-refractivity contribution in [3.8, 4) is 5.75 Å². The molecule has 0 bridgehead atoms. The Morgan fingerprint density at radius 3 is 2.36 bits per heavy atom. The number of nitrogens with one attached hydrogen (secondary N) is 1. The third kappa shape index (κ3) is 4.97. The van der Waals surface area contributed by atoms with Crippen LogP contribution in [0.2, 0.25) is 0 Å². The fraction of sp³-hybridized carbons (Fsp3) is 0.435. The van der Waals surface area contributed by atoms with Crippen LogP contribution in [0.1, 0.15) is 31.9 Å². The van der Waals surface area contributed by atoms with Crippen LogP contribution >= 0.6 is 0 Å². The summed E-state index contributed by atoms with van der Waals surface area (Å²) >= 11 is 0. The summed E-state index contributed by atoms with van der Waals surface area (Å²) in [6.45, 7) is 11.8. The Balaban J connectivity index is 1.49. The number of ether oxygens (including phenoxy) is 1. The third-order valence-electron chi connectivity index (χ3n) is 5.08. The van der Waals surface area contributed by atoms with Gasteiger partial charge in [0.25, 0.3) is 0 Å². The average Bonchev–Trinajstić information content (AvgIpc) is 2.69. The van der Waals surface area contributed by atoms with E-state index >= 15 is 0 Å². The molecule has 1 aliphatic rings. The molecule has 28 heavy (non-hydrogen) atoms. The van der Waals surface area contributed by atoms with E-state index in [9.17, 15) is 4.79 Å². The summed E-state index contributed by atoms with van der Waals surface area (Å²) in [5.41, 5.74) is 3.55. The summed E-state index contributed by atoms with van der Waals surface area (Å²) in [5, 5.41) is 2.89. The number of aryl methyl sites for hydroxylation is 1. The maximum atomic E-state index is 12.5. The van der Waals surface area contributed by atoms with Crippen molar-refractivity contribution in [2.45, 2.75) is 33.1 Å². The highest BCUT2D eigenvalue weighted by molar-refractivity contribution is 5.74. The first-order chi connectivity index (χ1) is 13.3. The number of hydrogen-bond donors (Lipinski definition) is 1. The lowest BCUT2D eigenvalue weighted by atomic mass is 9.85. The number of urea groups is 1. The minimum absolute atomic E-state index is 0.0148. The molecule has 2 aromatic carbocycles.